The van der Waals surface area contributed by atoms with Crippen LogP contribution in [-0.4, -0.2) is 17.3 Å². The standard InChI is InChI=1S/C13H17ClN2O2/c1-8(2)10-6-4-5-7-11(10)15-13(18)16-12(17)9(3)14/h4-9H,1-3H3,(H2,15,16,17,18). The summed E-state index contributed by atoms with van der Waals surface area (Å²) in [5.41, 5.74) is 1.71. The number of rotatable bonds is 3. The molecule has 0 spiro atoms. The molecule has 1 rings (SSSR count). The Morgan fingerprint density at radius 3 is 2.33 bits per heavy atom. The second-order valence-corrected chi connectivity index (χ2v) is 4.96. The Morgan fingerprint density at radius 1 is 1.17 bits per heavy atom. The van der Waals surface area contributed by atoms with E-state index in [0.29, 0.717) is 5.69 Å². The maximum absolute atomic E-state index is 11.6. The van der Waals surface area contributed by atoms with Crippen LogP contribution in [0.3, 0.4) is 0 Å². The molecule has 1 aromatic carbocycles. The van der Waals surface area contributed by atoms with Crippen LogP contribution in [0, 0.1) is 0 Å². The van der Waals surface area contributed by atoms with Crippen LogP contribution < -0.4 is 10.6 Å². The number of alkyl halides is 1. The predicted octanol–water partition coefficient (Wildman–Crippen LogP) is 3.09. The van der Waals surface area contributed by atoms with E-state index >= 15 is 0 Å². The monoisotopic (exact) mass is 268 g/mol. The molecule has 18 heavy (non-hydrogen) atoms. The molecule has 98 valence electrons. The van der Waals surface area contributed by atoms with Crippen molar-refractivity contribution in [3.63, 3.8) is 0 Å². The Bertz CT molecular complexity index is 444. The minimum Gasteiger partial charge on any atom is -0.307 e. The van der Waals surface area contributed by atoms with Gasteiger partial charge in [-0.2, -0.15) is 0 Å². The van der Waals surface area contributed by atoms with Gasteiger partial charge in [-0.25, -0.2) is 4.79 Å². The van der Waals surface area contributed by atoms with Gasteiger partial charge in [0.2, 0.25) is 5.91 Å². The average Bonchev–Trinajstić information content (AvgIpc) is 2.28. The average molecular weight is 269 g/mol. The number of anilines is 1. The van der Waals surface area contributed by atoms with Crippen LogP contribution in [0.15, 0.2) is 24.3 Å². The van der Waals surface area contributed by atoms with Crippen LogP contribution in [0.25, 0.3) is 0 Å². The number of carbonyl (C=O) groups excluding carboxylic acids is 2. The molecule has 0 heterocycles. The molecular weight excluding hydrogens is 252 g/mol. The highest BCUT2D eigenvalue weighted by Gasteiger charge is 2.14. The molecule has 3 amide bonds. The zero-order chi connectivity index (χ0) is 13.7. The molecule has 0 bridgehead atoms. The fourth-order valence-corrected chi connectivity index (χ4v) is 1.53. The summed E-state index contributed by atoms with van der Waals surface area (Å²) in [6, 6.07) is 6.90. The maximum Gasteiger partial charge on any atom is 0.325 e. The van der Waals surface area contributed by atoms with E-state index in [1.807, 2.05) is 32.0 Å². The first-order valence-electron chi connectivity index (χ1n) is 5.76. The molecular formula is C13H17ClN2O2. The third-order valence-electron chi connectivity index (χ3n) is 2.43. The van der Waals surface area contributed by atoms with E-state index in [1.165, 1.54) is 6.92 Å². The van der Waals surface area contributed by atoms with Crippen LogP contribution in [-0.2, 0) is 4.79 Å². The van der Waals surface area contributed by atoms with E-state index in [1.54, 1.807) is 6.07 Å². The lowest BCUT2D eigenvalue weighted by molar-refractivity contribution is -0.119. The summed E-state index contributed by atoms with van der Waals surface area (Å²) < 4.78 is 0. The molecule has 1 unspecified atom stereocenters. The van der Waals surface area contributed by atoms with Crippen LogP contribution in [0.5, 0.6) is 0 Å². The summed E-state index contributed by atoms with van der Waals surface area (Å²) in [4.78, 5) is 22.9. The second-order valence-electron chi connectivity index (χ2n) is 4.30. The summed E-state index contributed by atoms with van der Waals surface area (Å²) in [6.07, 6.45) is 0. The van der Waals surface area contributed by atoms with Crippen molar-refractivity contribution in [2.45, 2.75) is 32.1 Å². The Hall–Kier alpha value is -1.55. The molecule has 0 aliphatic rings. The van der Waals surface area contributed by atoms with Crippen molar-refractivity contribution in [3.05, 3.63) is 29.8 Å². The van der Waals surface area contributed by atoms with E-state index < -0.39 is 17.3 Å². The molecule has 0 saturated carbocycles. The SMILES string of the molecule is CC(Cl)C(=O)NC(=O)Nc1ccccc1C(C)C. The van der Waals surface area contributed by atoms with Crippen LogP contribution in [0.4, 0.5) is 10.5 Å². The van der Waals surface area contributed by atoms with Gasteiger partial charge in [0.25, 0.3) is 0 Å². The number of imide groups is 1. The maximum atomic E-state index is 11.6. The summed E-state index contributed by atoms with van der Waals surface area (Å²) in [7, 11) is 0. The lowest BCUT2D eigenvalue weighted by Gasteiger charge is -2.14. The summed E-state index contributed by atoms with van der Waals surface area (Å²) >= 11 is 5.56. The lowest BCUT2D eigenvalue weighted by Crippen LogP contribution is -2.38. The molecule has 0 aliphatic carbocycles. The summed E-state index contributed by atoms with van der Waals surface area (Å²) in [5.74, 6) is -0.236. The van der Waals surface area contributed by atoms with E-state index in [2.05, 4.69) is 10.6 Å². The van der Waals surface area contributed by atoms with Gasteiger partial charge in [0.05, 0.1) is 0 Å². The van der Waals surface area contributed by atoms with Crippen molar-refractivity contribution in [2.24, 2.45) is 0 Å². The van der Waals surface area contributed by atoms with Gasteiger partial charge in [-0.15, -0.1) is 11.6 Å². The van der Waals surface area contributed by atoms with E-state index in [0.717, 1.165) is 5.56 Å². The normalized spacial score (nSPS) is 12.1. The highest BCUT2D eigenvalue weighted by molar-refractivity contribution is 6.31. The summed E-state index contributed by atoms with van der Waals surface area (Å²) in [5, 5.41) is 4.08. The Labute approximate surface area is 112 Å². The van der Waals surface area contributed by atoms with Gasteiger partial charge in [-0.05, 0) is 24.5 Å². The van der Waals surface area contributed by atoms with Crippen LogP contribution in [0.1, 0.15) is 32.3 Å². The third kappa shape index (κ3) is 4.04. The van der Waals surface area contributed by atoms with Crippen molar-refractivity contribution in [1.82, 2.24) is 5.32 Å². The van der Waals surface area contributed by atoms with Gasteiger partial charge in [0.1, 0.15) is 5.38 Å². The molecule has 5 heteroatoms. The number of hydrogen-bond donors (Lipinski definition) is 2. The molecule has 1 aromatic rings. The number of halogens is 1. The fraction of sp³-hybridized carbons (Fsp3) is 0.385. The molecule has 0 aromatic heterocycles. The summed E-state index contributed by atoms with van der Waals surface area (Å²) in [6.45, 7) is 5.57. The highest BCUT2D eigenvalue weighted by Crippen LogP contribution is 2.23. The van der Waals surface area contributed by atoms with Crippen molar-refractivity contribution in [1.29, 1.82) is 0 Å². The highest BCUT2D eigenvalue weighted by atomic mass is 35.5. The number of urea groups is 1. The first-order chi connectivity index (χ1) is 8.41. The Morgan fingerprint density at radius 2 is 1.78 bits per heavy atom. The van der Waals surface area contributed by atoms with Gasteiger partial charge in [0, 0.05) is 5.69 Å². The van der Waals surface area contributed by atoms with Gasteiger partial charge in [-0.1, -0.05) is 32.0 Å². The number of carbonyl (C=O) groups is 2. The van der Waals surface area contributed by atoms with Gasteiger partial charge >= 0.3 is 6.03 Å². The first-order valence-corrected chi connectivity index (χ1v) is 6.20. The molecule has 0 radical (unpaired) electrons. The fourth-order valence-electron chi connectivity index (χ4n) is 1.48. The van der Waals surface area contributed by atoms with Crippen molar-refractivity contribution < 1.29 is 9.59 Å². The Kier molecular flexibility index (Phi) is 5.16. The molecule has 1 atom stereocenters. The van der Waals surface area contributed by atoms with Gasteiger partial charge < -0.3 is 5.32 Å². The minimum atomic E-state index is -0.740. The lowest BCUT2D eigenvalue weighted by atomic mass is 10.0. The quantitative estimate of drug-likeness (QED) is 0.828. The minimum absolute atomic E-state index is 0.282. The Balaban J connectivity index is 2.73. The van der Waals surface area contributed by atoms with E-state index in [4.69, 9.17) is 11.6 Å². The number of benzene rings is 1. The smallest absolute Gasteiger partial charge is 0.307 e. The van der Waals surface area contributed by atoms with E-state index in [-0.39, 0.29) is 5.92 Å². The zero-order valence-electron chi connectivity index (χ0n) is 10.7. The van der Waals surface area contributed by atoms with E-state index in [9.17, 15) is 9.59 Å². The van der Waals surface area contributed by atoms with Crippen molar-refractivity contribution in [2.75, 3.05) is 5.32 Å². The number of hydrogen-bond acceptors (Lipinski definition) is 2. The number of nitrogens with one attached hydrogen (secondary N) is 2. The molecule has 0 aliphatic heterocycles. The van der Waals surface area contributed by atoms with Crippen molar-refractivity contribution in [3.8, 4) is 0 Å². The molecule has 4 nitrogen and oxygen atoms in total. The number of para-hydroxylation sites is 1. The molecule has 0 fully saturated rings. The largest absolute Gasteiger partial charge is 0.325 e. The van der Waals surface area contributed by atoms with Gasteiger partial charge in [0.15, 0.2) is 0 Å². The van der Waals surface area contributed by atoms with Gasteiger partial charge in [-0.3, -0.25) is 10.1 Å². The molecule has 0 saturated heterocycles. The topological polar surface area (TPSA) is 58.2 Å². The van der Waals surface area contributed by atoms with Crippen LogP contribution in [0.2, 0.25) is 0 Å². The third-order valence-corrected chi connectivity index (χ3v) is 2.63. The van der Waals surface area contributed by atoms with Crippen molar-refractivity contribution >= 4 is 29.2 Å². The van der Waals surface area contributed by atoms with Crippen LogP contribution >= 0.6 is 11.6 Å². The zero-order valence-corrected chi connectivity index (χ0v) is 11.4. The number of amides is 3. The predicted molar refractivity (Wildman–Crippen MR) is 73.0 cm³/mol. The first kappa shape index (κ1) is 14.5. The molecule has 2 N–H and O–H groups in total. The second kappa shape index (κ2) is 6.40.